The SMILES string of the molecule is CCOC(=O)[C@H](C)Nc1ccnc2ccccc12.Cl. The largest absolute Gasteiger partial charge is 0.464 e. The number of nitrogens with zero attached hydrogens (tertiary/aromatic N) is 1. The summed E-state index contributed by atoms with van der Waals surface area (Å²) in [5.74, 6) is -0.251. The van der Waals surface area contributed by atoms with Gasteiger partial charge in [-0.2, -0.15) is 0 Å². The summed E-state index contributed by atoms with van der Waals surface area (Å²) in [6, 6.07) is 9.28. The molecule has 1 aromatic carbocycles. The van der Waals surface area contributed by atoms with Gasteiger partial charge in [0, 0.05) is 17.3 Å². The topological polar surface area (TPSA) is 51.2 Å². The zero-order valence-corrected chi connectivity index (χ0v) is 11.7. The van der Waals surface area contributed by atoms with Crippen molar-refractivity contribution in [3.8, 4) is 0 Å². The molecule has 0 radical (unpaired) electrons. The van der Waals surface area contributed by atoms with Gasteiger partial charge in [0.1, 0.15) is 6.04 Å². The van der Waals surface area contributed by atoms with Crippen LogP contribution >= 0.6 is 12.4 Å². The first kappa shape index (κ1) is 15.2. The fourth-order valence-electron chi connectivity index (χ4n) is 1.78. The molecule has 19 heavy (non-hydrogen) atoms. The molecule has 0 unspecified atom stereocenters. The highest BCUT2D eigenvalue weighted by molar-refractivity contribution is 5.92. The van der Waals surface area contributed by atoms with E-state index in [-0.39, 0.29) is 24.4 Å². The van der Waals surface area contributed by atoms with Gasteiger partial charge in [-0.05, 0) is 26.0 Å². The number of benzene rings is 1. The molecule has 0 saturated heterocycles. The predicted octanol–water partition coefficient (Wildman–Crippen LogP) is 3.02. The zero-order valence-electron chi connectivity index (χ0n) is 10.9. The lowest BCUT2D eigenvalue weighted by Crippen LogP contribution is -2.28. The van der Waals surface area contributed by atoms with E-state index in [0.717, 1.165) is 16.6 Å². The molecule has 0 aliphatic rings. The van der Waals surface area contributed by atoms with Crippen LogP contribution < -0.4 is 5.32 Å². The van der Waals surface area contributed by atoms with Gasteiger partial charge in [-0.15, -0.1) is 12.4 Å². The number of fused-ring (bicyclic) bond motifs is 1. The molecular weight excluding hydrogens is 264 g/mol. The number of ether oxygens (including phenoxy) is 1. The first-order chi connectivity index (χ1) is 8.72. The Morgan fingerprint density at radius 1 is 1.37 bits per heavy atom. The van der Waals surface area contributed by atoms with E-state index < -0.39 is 0 Å². The van der Waals surface area contributed by atoms with Crippen LogP contribution in [0.15, 0.2) is 36.5 Å². The minimum Gasteiger partial charge on any atom is -0.464 e. The molecule has 0 saturated carbocycles. The van der Waals surface area contributed by atoms with Gasteiger partial charge < -0.3 is 10.1 Å². The zero-order chi connectivity index (χ0) is 13.0. The van der Waals surface area contributed by atoms with Crippen LogP contribution in [0.25, 0.3) is 10.9 Å². The maximum absolute atomic E-state index is 11.6. The summed E-state index contributed by atoms with van der Waals surface area (Å²) in [5.41, 5.74) is 1.79. The molecule has 2 aromatic rings. The van der Waals surface area contributed by atoms with Gasteiger partial charge in [-0.1, -0.05) is 18.2 Å². The maximum Gasteiger partial charge on any atom is 0.328 e. The smallest absolute Gasteiger partial charge is 0.328 e. The first-order valence-electron chi connectivity index (χ1n) is 5.99. The van der Waals surface area contributed by atoms with Crippen molar-refractivity contribution in [2.75, 3.05) is 11.9 Å². The van der Waals surface area contributed by atoms with E-state index in [4.69, 9.17) is 4.74 Å². The lowest BCUT2D eigenvalue weighted by molar-refractivity contribution is -0.143. The molecule has 0 spiro atoms. The number of carbonyl (C=O) groups is 1. The number of rotatable bonds is 4. The van der Waals surface area contributed by atoms with E-state index in [2.05, 4.69) is 10.3 Å². The Balaban J connectivity index is 0.00000180. The number of pyridine rings is 1. The Morgan fingerprint density at radius 3 is 2.84 bits per heavy atom. The van der Waals surface area contributed by atoms with Gasteiger partial charge in [0.15, 0.2) is 0 Å². The second-order valence-electron chi connectivity index (χ2n) is 3.99. The van der Waals surface area contributed by atoms with E-state index in [1.807, 2.05) is 30.3 Å². The van der Waals surface area contributed by atoms with Gasteiger partial charge in [0.05, 0.1) is 12.1 Å². The number of nitrogens with one attached hydrogen (secondary N) is 1. The minimum absolute atomic E-state index is 0. The molecule has 4 nitrogen and oxygen atoms in total. The van der Waals surface area contributed by atoms with E-state index in [1.165, 1.54) is 0 Å². The fraction of sp³-hybridized carbons (Fsp3) is 0.286. The third kappa shape index (κ3) is 3.58. The number of carbonyl (C=O) groups excluding carboxylic acids is 1. The van der Waals surface area contributed by atoms with Crippen LogP contribution in [0.2, 0.25) is 0 Å². The van der Waals surface area contributed by atoms with Gasteiger partial charge in [0.25, 0.3) is 0 Å². The molecule has 0 amide bonds. The minimum atomic E-state index is -0.379. The molecule has 0 aliphatic carbocycles. The molecule has 0 fully saturated rings. The van der Waals surface area contributed by atoms with E-state index in [0.29, 0.717) is 6.61 Å². The Hall–Kier alpha value is -1.81. The number of esters is 1. The summed E-state index contributed by atoms with van der Waals surface area (Å²) < 4.78 is 4.97. The van der Waals surface area contributed by atoms with Crippen molar-refractivity contribution in [1.82, 2.24) is 4.98 Å². The number of anilines is 1. The molecule has 1 heterocycles. The molecule has 0 bridgehead atoms. The quantitative estimate of drug-likeness (QED) is 0.875. The summed E-state index contributed by atoms with van der Waals surface area (Å²) in [7, 11) is 0. The number of aromatic nitrogens is 1. The lowest BCUT2D eigenvalue weighted by atomic mass is 10.1. The Morgan fingerprint density at radius 2 is 2.11 bits per heavy atom. The van der Waals surface area contributed by atoms with Crippen molar-refractivity contribution < 1.29 is 9.53 Å². The third-order valence-electron chi connectivity index (χ3n) is 2.66. The van der Waals surface area contributed by atoms with Gasteiger partial charge in [-0.25, -0.2) is 4.79 Å². The average molecular weight is 281 g/mol. The van der Waals surface area contributed by atoms with Gasteiger partial charge in [0.2, 0.25) is 0 Å². The van der Waals surface area contributed by atoms with E-state index >= 15 is 0 Å². The van der Waals surface area contributed by atoms with Crippen LogP contribution in [0.3, 0.4) is 0 Å². The molecule has 102 valence electrons. The van der Waals surface area contributed by atoms with Gasteiger partial charge in [-0.3, -0.25) is 4.98 Å². The maximum atomic E-state index is 11.6. The third-order valence-corrected chi connectivity index (χ3v) is 2.66. The van der Waals surface area contributed by atoms with Crippen LogP contribution in [-0.2, 0) is 9.53 Å². The number of halogens is 1. The van der Waals surface area contributed by atoms with Crippen molar-refractivity contribution in [2.45, 2.75) is 19.9 Å². The Bertz CT molecular complexity index is 555. The normalized spacial score (nSPS) is 11.5. The van der Waals surface area contributed by atoms with Crippen molar-refractivity contribution in [3.63, 3.8) is 0 Å². The molecule has 2 rings (SSSR count). The predicted molar refractivity (Wildman–Crippen MR) is 78.7 cm³/mol. The second-order valence-corrected chi connectivity index (χ2v) is 3.99. The van der Waals surface area contributed by atoms with Crippen LogP contribution in [0.4, 0.5) is 5.69 Å². The summed E-state index contributed by atoms with van der Waals surface area (Å²) >= 11 is 0. The monoisotopic (exact) mass is 280 g/mol. The Kier molecular flexibility index (Phi) is 5.57. The molecular formula is C14H17ClN2O2. The standard InChI is InChI=1S/C14H16N2O2.ClH/c1-3-18-14(17)10(2)16-13-8-9-15-12-7-5-4-6-11(12)13;/h4-10H,3H2,1-2H3,(H,15,16);1H/t10-;/m0./s1. The fourth-order valence-corrected chi connectivity index (χ4v) is 1.78. The van der Waals surface area contributed by atoms with Crippen LogP contribution in [0.5, 0.6) is 0 Å². The highest BCUT2D eigenvalue weighted by Gasteiger charge is 2.14. The molecule has 5 heteroatoms. The molecule has 1 aromatic heterocycles. The Labute approximate surface area is 118 Å². The van der Waals surface area contributed by atoms with Gasteiger partial charge >= 0.3 is 5.97 Å². The van der Waals surface area contributed by atoms with Crippen molar-refractivity contribution in [2.24, 2.45) is 0 Å². The lowest BCUT2D eigenvalue weighted by Gasteiger charge is -2.15. The highest BCUT2D eigenvalue weighted by Crippen LogP contribution is 2.21. The first-order valence-corrected chi connectivity index (χ1v) is 5.99. The molecule has 0 aliphatic heterocycles. The summed E-state index contributed by atoms with van der Waals surface area (Å²) in [5, 5.41) is 4.15. The average Bonchev–Trinajstić information content (AvgIpc) is 2.39. The van der Waals surface area contributed by atoms with E-state index in [1.54, 1.807) is 20.0 Å². The van der Waals surface area contributed by atoms with Crippen molar-refractivity contribution in [3.05, 3.63) is 36.5 Å². The van der Waals surface area contributed by atoms with Crippen LogP contribution in [0, 0.1) is 0 Å². The number of para-hydroxylation sites is 1. The van der Waals surface area contributed by atoms with Crippen LogP contribution in [-0.4, -0.2) is 23.6 Å². The van der Waals surface area contributed by atoms with Crippen molar-refractivity contribution in [1.29, 1.82) is 0 Å². The number of hydrogen-bond donors (Lipinski definition) is 1. The summed E-state index contributed by atoms with van der Waals surface area (Å²) in [6.07, 6.45) is 1.72. The number of hydrogen-bond acceptors (Lipinski definition) is 4. The summed E-state index contributed by atoms with van der Waals surface area (Å²) in [4.78, 5) is 15.9. The molecule has 1 N–H and O–H groups in total. The highest BCUT2D eigenvalue weighted by atomic mass is 35.5. The van der Waals surface area contributed by atoms with Crippen LogP contribution in [0.1, 0.15) is 13.8 Å². The van der Waals surface area contributed by atoms with Crippen molar-refractivity contribution >= 4 is 35.0 Å². The second kappa shape index (κ2) is 6.95. The summed E-state index contributed by atoms with van der Waals surface area (Å²) in [6.45, 7) is 3.97. The molecule has 1 atom stereocenters. The van der Waals surface area contributed by atoms with E-state index in [9.17, 15) is 4.79 Å².